The molecule has 0 aliphatic heterocycles. The first-order chi connectivity index (χ1) is 9.59. The lowest BCUT2D eigenvalue weighted by atomic mass is 9.54. The summed E-state index contributed by atoms with van der Waals surface area (Å²) >= 11 is 0. The Kier molecular flexibility index (Phi) is 3.05. The molecule has 0 unspecified atom stereocenters. The summed E-state index contributed by atoms with van der Waals surface area (Å²) in [6.45, 7) is 2.35. The lowest BCUT2D eigenvalue weighted by Crippen LogP contribution is -2.45. The van der Waals surface area contributed by atoms with Crippen LogP contribution in [0.3, 0.4) is 0 Å². The van der Waals surface area contributed by atoms with Crippen LogP contribution >= 0.6 is 0 Å². The number of allylic oxidation sites excluding steroid dienone is 1. The van der Waals surface area contributed by atoms with Gasteiger partial charge in [0.15, 0.2) is 0 Å². The van der Waals surface area contributed by atoms with Crippen molar-refractivity contribution in [1.29, 1.82) is 0 Å². The van der Waals surface area contributed by atoms with Crippen LogP contribution in [0.5, 0.6) is 0 Å². The molecule has 0 aromatic carbocycles. The molecule has 4 aliphatic rings. The number of hydrogen-bond acceptors (Lipinski definition) is 2. The molecule has 0 spiro atoms. The van der Waals surface area contributed by atoms with Gasteiger partial charge in [-0.1, -0.05) is 18.1 Å². The van der Waals surface area contributed by atoms with Crippen LogP contribution in [-0.2, 0) is 0 Å². The first-order valence-electron chi connectivity index (χ1n) is 8.66. The molecule has 0 amide bonds. The second kappa shape index (κ2) is 4.58. The average Bonchev–Trinajstić information content (AvgIpc) is 2.74. The molecule has 0 aromatic heterocycles. The SMILES string of the molecule is C[C@@]12CC[C@H]3C4=C(CC[C@@H]3[C@H]1CC[C@H]2O)C[C@H](O)CC4. The van der Waals surface area contributed by atoms with E-state index in [2.05, 4.69) is 6.92 Å². The molecule has 0 aromatic rings. The number of hydrogen-bond donors (Lipinski definition) is 2. The van der Waals surface area contributed by atoms with Gasteiger partial charge in [-0.05, 0) is 81.0 Å². The molecule has 0 heterocycles. The van der Waals surface area contributed by atoms with E-state index in [4.69, 9.17) is 0 Å². The molecule has 2 saturated carbocycles. The molecule has 2 N–H and O–H groups in total. The Bertz CT molecular complexity index is 441. The van der Waals surface area contributed by atoms with E-state index >= 15 is 0 Å². The van der Waals surface area contributed by atoms with Crippen LogP contribution in [0, 0.1) is 23.2 Å². The molecular formula is C18H28O2. The Hall–Kier alpha value is -0.340. The van der Waals surface area contributed by atoms with Crippen LogP contribution in [0.4, 0.5) is 0 Å². The lowest BCUT2D eigenvalue weighted by Gasteiger charge is -2.51. The molecule has 20 heavy (non-hydrogen) atoms. The van der Waals surface area contributed by atoms with Gasteiger partial charge in [-0.25, -0.2) is 0 Å². The van der Waals surface area contributed by atoms with E-state index in [0.717, 1.165) is 43.4 Å². The van der Waals surface area contributed by atoms with Crippen molar-refractivity contribution in [2.24, 2.45) is 23.2 Å². The fourth-order valence-corrected chi connectivity index (χ4v) is 6.16. The van der Waals surface area contributed by atoms with E-state index < -0.39 is 0 Å². The van der Waals surface area contributed by atoms with Gasteiger partial charge in [0.05, 0.1) is 12.2 Å². The Morgan fingerprint density at radius 1 is 1.00 bits per heavy atom. The average molecular weight is 276 g/mol. The minimum Gasteiger partial charge on any atom is -0.393 e. The molecule has 6 atom stereocenters. The highest BCUT2D eigenvalue weighted by molar-refractivity contribution is 5.27. The minimum atomic E-state index is -0.0764. The maximum atomic E-state index is 10.4. The highest BCUT2D eigenvalue weighted by Gasteiger charge is 2.54. The standard InChI is InChI=1S/C18H28O2/c1-18-9-8-14-13-5-3-12(19)10-11(13)2-4-15(14)16(18)6-7-17(18)20/h12,14-17,19-20H,2-10H2,1H3/t12-,14+,15+,16-,17-,18-/m1/s1. The van der Waals surface area contributed by atoms with Crippen LogP contribution in [0.15, 0.2) is 11.1 Å². The summed E-state index contributed by atoms with van der Waals surface area (Å²) in [7, 11) is 0. The van der Waals surface area contributed by atoms with Crippen molar-refractivity contribution < 1.29 is 10.2 Å². The monoisotopic (exact) mass is 276 g/mol. The lowest BCUT2D eigenvalue weighted by molar-refractivity contribution is -0.0326. The van der Waals surface area contributed by atoms with Crippen LogP contribution in [-0.4, -0.2) is 22.4 Å². The molecule has 0 radical (unpaired) electrons. The smallest absolute Gasteiger partial charge is 0.0596 e. The van der Waals surface area contributed by atoms with Crippen LogP contribution < -0.4 is 0 Å². The summed E-state index contributed by atoms with van der Waals surface area (Å²) in [5.74, 6) is 2.35. The Morgan fingerprint density at radius 3 is 2.70 bits per heavy atom. The van der Waals surface area contributed by atoms with Gasteiger partial charge in [-0.15, -0.1) is 0 Å². The maximum absolute atomic E-state index is 10.4. The Labute approximate surface area is 122 Å². The summed E-state index contributed by atoms with van der Waals surface area (Å²) in [6, 6.07) is 0. The van der Waals surface area contributed by atoms with Gasteiger partial charge in [-0.3, -0.25) is 0 Å². The quantitative estimate of drug-likeness (QED) is 0.666. The number of aliphatic hydroxyl groups excluding tert-OH is 2. The van der Waals surface area contributed by atoms with Gasteiger partial charge < -0.3 is 10.2 Å². The largest absolute Gasteiger partial charge is 0.393 e. The van der Waals surface area contributed by atoms with E-state index in [1.165, 1.54) is 32.1 Å². The van der Waals surface area contributed by atoms with Gasteiger partial charge in [0.1, 0.15) is 0 Å². The molecular weight excluding hydrogens is 248 g/mol. The zero-order valence-electron chi connectivity index (χ0n) is 12.6. The van der Waals surface area contributed by atoms with E-state index in [-0.39, 0.29) is 17.6 Å². The summed E-state index contributed by atoms with van der Waals surface area (Å²) in [5, 5.41) is 20.3. The van der Waals surface area contributed by atoms with Crippen LogP contribution in [0.2, 0.25) is 0 Å². The number of fused-ring (bicyclic) bond motifs is 4. The van der Waals surface area contributed by atoms with E-state index in [9.17, 15) is 10.2 Å². The van der Waals surface area contributed by atoms with E-state index in [1.54, 1.807) is 11.1 Å². The van der Waals surface area contributed by atoms with E-state index in [1.807, 2.05) is 0 Å². The van der Waals surface area contributed by atoms with Crippen molar-refractivity contribution in [3.8, 4) is 0 Å². The third-order valence-electron chi connectivity index (χ3n) is 7.30. The predicted octanol–water partition coefficient (Wildman–Crippen LogP) is 3.43. The highest BCUT2D eigenvalue weighted by atomic mass is 16.3. The number of rotatable bonds is 0. The zero-order valence-corrected chi connectivity index (χ0v) is 12.6. The molecule has 2 nitrogen and oxygen atoms in total. The normalized spacial score (nSPS) is 51.5. The molecule has 0 saturated heterocycles. The van der Waals surface area contributed by atoms with Crippen LogP contribution in [0.1, 0.15) is 64.7 Å². The van der Waals surface area contributed by atoms with Crippen molar-refractivity contribution in [3.63, 3.8) is 0 Å². The van der Waals surface area contributed by atoms with E-state index in [0.29, 0.717) is 0 Å². The van der Waals surface area contributed by atoms with Crippen molar-refractivity contribution in [3.05, 3.63) is 11.1 Å². The highest BCUT2D eigenvalue weighted by Crippen LogP contribution is 2.61. The fraction of sp³-hybridized carbons (Fsp3) is 0.889. The topological polar surface area (TPSA) is 40.5 Å². The van der Waals surface area contributed by atoms with Gasteiger partial charge in [0.25, 0.3) is 0 Å². The summed E-state index contributed by atoms with van der Waals surface area (Å²) in [4.78, 5) is 0. The summed E-state index contributed by atoms with van der Waals surface area (Å²) in [6.07, 6.45) is 10.2. The Morgan fingerprint density at radius 2 is 1.85 bits per heavy atom. The third kappa shape index (κ3) is 1.77. The third-order valence-corrected chi connectivity index (χ3v) is 7.30. The molecule has 2 heteroatoms. The zero-order chi connectivity index (χ0) is 13.9. The van der Waals surface area contributed by atoms with Crippen molar-refractivity contribution >= 4 is 0 Å². The first kappa shape index (κ1) is 13.3. The molecule has 4 rings (SSSR count). The molecule has 0 bridgehead atoms. The minimum absolute atomic E-state index is 0.0583. The van der Waals surface area contributed by atoms with Gasteiger partial charge in [0.2, 0.25) is 0 Å². The summed E-state index contributed by atoms with van der Waals surface area (Å²) < 4.78 is 0. The van der Waals surface area contributed by atoms with Crippen molar-refractivity contribution in [2.75, 3.05) is 0 Å². The summed E-state index contributed by atoms with van der Waals surface area (Å²) in [5.41, 5.74) is 3.54. The van der Waals surface area contributed by atoms with Gasteiger partial charge in [0, 0.05) is 0 Å². The second-order valence-electron chi connectivity index (χ2n) is 8.08. The van der Waals surface area contributed by atoms with Gasteiger partial charge >= 0.3 is 0 Å². The molecule has 2 fully saturated rings. The van der Waals surface area contributed by atoms with Crippen molar-refractivity contribution in [2.45, 2.75) is 76.9 Å². The molecule has 112 valence electrons. The second-order valence-corrected chi connectivity index (χ2v) is 8.08. The van der Waals surface area contributed by atoms with Crippen molar-refractivity contribution in [1.82, 2.24) is 0 Å². The van der Waals surface area contributed by atoms with Gasteiger partial charge in [-0.2, -0.15) is 0 Å². The maximum Gasteiger partial charge on any atom is 0.0596 e. The Balaban J connectivity index is 1.64. The first-order valence-corrected chi connectivity index (χ1v) is 8.66. The molecule has 4 aliphatic carbocycles. The predicted molar refractivity (Wildman–Crippen MR) is 79.2 cm³/mol. The number of aliphatic hydroxyl groups is 2. The van der Waals surface area contributed by atoms with Crippen LogP contribution in [0.25, 0.3) is 0 Å². The fourth-order valence-electron chi connectivity index (χ4n) is 6.16.